The second kappa shape index (κ2) is 7.84. The van der Waals surface area contributed by atoms with Gasteiger partial charge in [-0.15, -0.1) is 0 Å². The highest BCUT2D eigenvalue weighted by Crippen LogP contribution is 2.23. The summed E-state index contributed by atoms with van der Waals surface area (Å²) in [5, 5.41) is 6.25. The van der Waals surface area contributed by atoms with Crippen molar-refractivity contribution in [3.63, 3.8) is 0 Å². The van der Waals surface area contributed by atoms with Crippen LogP contribution in [0.2, 0.25) is 0 Å². The first-order chi connectivity index (χ1) is 12.7. The van der Waals surface area contributed by atoms with Crippen LogP contribution in [0.15, 0.2) is 12.1 Å². The van der Waals surface area contributed by atoms with Crippen LogP contribution in [0.25, 0.3) is 0 Å². The fourth-order valence-corrected chi connectivity index (χ4v) is 3.27. The van der Waals surface area contributed by atoms with Crippen molar-refractivity contribution in [3.05, 3.63) is 23.4 Å². The van der Waals surface area contributed by atoms with Gasteiger partial charge in [0.2, 0.25) is 0 Å². The zero-order valence-corrected chi connectivity index (χ0v) is 16.7. The zero-order valence-electron chi connectivity index (χ0n) is 16.7. The van der Waals surface area contributed by atoms with Gasteiger partial charge in [0.05, 0.1) is 11.3 Å². The number of pyridine rings is 1. The van der Waals surface area contributed by atoms with E-state index in [0.29, 0.717) is 29.2 Å². The molecule has 2 heterocycles. The number of aromatic nitrogens is 1. The van der Waals surface area contributed by atoms with E-state index in [9.17, 15) is 9.59 Å². The number of anilines is 1. The van der Waals surface area contributed by atoms with Crippen LogP contribution >= 0.6 is 0 Å². The Hall–Kier alpha value is -2.15. The number of nitrogens with zero attached hydrogens (tertiary/aromatic N) is 2. The average molecular weight is 374 g/mol. The normalized spacial score (nSPS) is 18.3. The molecule has 7 heteroatoms. The summed E-state index contributed by atoms with van der Waals surface area (Å²) in [6, 6.07) is 4.60. The smallest absolute Gasteiger partial charge is 0.413 e. The van der Waals surface area contributed by atoms with Crippen LogP contribution in [0.4, 0.5) is 10.6 Å². The first-order valence-corrected chi connectivity index (χ1v) is 9.74. The number of aryl methyl sites for hydroxylation is 1. The molecule has 2 fully saturated rings. The zero-order chi connectivity index (χ0) is 19.6. The minimum absolute atomic E-state index is 0.00805. The second-order valence-corrected chi connectivity index (χ2v) is 8.46. The van der Waals surface area contributed by atoms with Crippen LogP contribution < -0.4 is 10.6 Å². The summed E-state index contributed by atoms with van der Waals surface area (Å²) < 4.78 is 5.23. The molecule has 1 aliphatic heterocycles. The van der Waals surface area contributed by atoms with Gasteiger partial charge in [0.15, 0.2) is 0 Å². The molecule has 1 aliphatic carbocycles. The van der Waals surface area contributed by atoms with E-state index in [1.54, 1.807) is 39.8 Å². The Balaban J connectivity index is 1.56. The van der Waals surface area contributed by atoms with Crippen LogP contribution in [0.5, 0.6) is 0 Å². The maximum atomic E-state index is 12.8. The maximum Gasteiger partial charge on any atom is 0.413 e. The number of ether oxygens (including phenoxy) is 1. The van der Waals surface area contributed by atoms with Gasteiger partial charge in [-0.25, -0.2) is 9.78 Å². The molecule has 0 aromatic carbocycles. The fraction of sp³-hybridized carbons (Fsp3) is 0.650. The number of carbonyl (C=O) groups is 2. The predicted molar refractivity (Wildman–Crippen MR) is 104 cm³/mol. The molecule has 3 rings (SSSR count). The van der Waals surface area contributed by atoms with Crippen molar-refractivity contribution < 1.29 is 14.3 Å². The van der Waals surface area contributed by atoms with Gasteiger partial charge in [-0.05, 0) is 65.5 Å². The van der Waals surface area contributed by atoms with Crippen LogP contribution in [-0.2, 0) is 4.74 Å². The summed E-state index contributed by atoms with van der Waals surface area (Å²) >= 11 is 0. The largest absolute Gasteiger partial charge is 0.444 e. The van der Waals surface area contributed by atoms with E-state index in [-0.39, 0.29) is 5.91 Å². The van der Waals surface area contributed by atoms with Crippen molar-refractivity contribution in [2.45, 2.75) is 71.1 Å². The van der Waals surface area contributed by atoms with Crippen LogP contribution in [0.3, 0.4) is 0 Å². The van der Waals surface area contributed by atoms with Crippen molar-refractivity contribution in [2.24, 2.45) is 0 Å². The lowest BCUT2D eigenvalue weighted by Gasteiger charge is -2.33. The van der Waals surface area contributed by atoms with E-state index in [4.69, 9.17) is 4.74 Å². The molecular weight excluding hydrogens is 344 g/mol. The molecular formula is C20H30N4O3. The van der Waals surface area contributed by atoms with Gasteiger partial charge in [-0.1, -0.05) is 0 Å². The Morgan fingerprint density at radius 2 is 1.74 bits per heavy atom. The molecule has 7 nitrogen and oxygen atoms in total. The van der Waals surface area contributed by atoms with Gasteiger partial charge >= 0.3 is 6.09 Å². The third kappa shape index (κ3) is 5.66. The predicted octanol–water partition coefficient (Wildman–Crippen LogP) is 3.09. The molecule has 2 aliphatic rings. The monoisotopic (exact) mass is 374 g/mol. The van der Waals surface area contributed by atoms with Crippen molar-refractivity contribution in [1.82, 2.24) is 15.2 Å². The summed E-state index contributed by atoms with van der Waals surface area (Å²) in [5.41, 5.74) is 0.611. The van der Waals surface area contributed by atoms with Crippen LogP contribution in [0.1, 0.15) is 62.5 Å². The summed E-state index contributed by atoms with van der Waals surface area (Å²) in [6.07, 6.45) is 4.00. The lowest BCUT2D eigenvalue weighted by molar-refractivity contribution is 0.0634. The highest BCUT2D eigenvalue weighted by Gasteiger charge is 2.29. The van der Waals surface area contributed by atoms with E-state index in [1.807, 2.05) is 4.90 Å². The van der Waals surface area contributed by atoms with Gasteiger partial charge in [-0.2, -0.15) is 0 Å². The lowest BCUT2D eigenvalue weighted by atomic mass is 10.0. The Kier molecular flexibility index (Phi) is 5.69. The Labute approximate surface area is 160 Å². The summed E-state index contributed by atoms with van der Waals surface area (Å²) in [6.45, 7) is 8.72. The number of carbonyl (C=O) groups excluding carboxylic acids is 2. The Bertz CT molecular complexity index is 702. The third-order valence-corrected chi connectivity index (χ3v) is 4.78. The standard InChI is InChI=1S/C20H30N4O3/c1-13-16(7-8-17(21-13)23-19(26)27-20(2,3)4)18(25)24-11-9-15(10-12-24)22-14-5-6-14/h7-8,14-15,22H,5-6,9-12H2,1-4H3,(H,21,23,26). The number of piperidine rings is 1. The molecule has 0 atom stereocenters. The molecule has 27 heavy (non-hydrogen) atoms. The van der Waals surface area contributed by atoms with Crippen LogP contribution in [-0.4, -0.2) is 52.7 Å². The molecule has 0 unspecified atom stereocenters. The Morgan fingerprint density at radius 3 is 2.30 bits per heavy atom. The highest BCUT2D eigenvalue weighted by atomic mass is 16.6. The van der Waals surface area contributed by atoms with Crippen molar-refractivity contribution in [1.29, 1.82) is 0 Å². The van der Waals surface area contributed by atoms with Gasteiger partial charge in [0.25, 0.3) is 5.91 Å². The average Bonchev–Trinajstić information content (AvgIpc) is 3.37. The highest BCUT2D eigenvalue weighted by molar-refractivity contribution is 5.95. The molecule has 1 aromatic rings. The summed E-state index contributed by atoms with van der Waals surface area (Å²) in [7, 11) is 0. The molecule has 1 saturated heterocycles. The molecule has 148 valence electrons. The van der Waals surface area contributed by atoms with Crippen molar-refractivity contribution >= 4 is 17.8 Å². The van der Waals surface area contributed by atoms with Gasteiger partial charge in [-0.3, -0.25) is 10.1 Å². The molecule has 0 bridgehead atoms. The summed E-state index contributed by atoms with van der Waals surface area (Å²) in [5.74, 6) is 0.388. The molecule has 0 spiro atoms. The summed E-state index contributed by atoms with van der Waals surface area (Å²) in [4.78, 5) is 30.9. The number of rotatable bonds is 4. The molecule has 1 saturated carbocycles. The van der Waals surface area contributed by atoms with Gasteiger partial charge < -0.3 is 15.0 Å². The Morgan fingerprint density at radius 1 is 1.11 bits per heavy atom. The van der Waals surface area contributed by atoms with E-state index in [2.05, 4.69) is 15.6 Å². The van der Waals surface area contributed by atoms with Gasteiger partial charge in [0, 0.05) is 25.2 Å². The van der Waals surface area contributed by atoms with Crippen LogP contribution in [0, 0.1) is 6.92 Å². The lowest BCUT2D eigenvalue weighted by Crippen LogP contribution is -2.45. The second-order valence-electron chi connectivity index (χ2n) is 8.46. The minimum atomic E-state index is -0.574. The van der Waals surface area contributed by atoms with Crippen molar-refractivity contribution in [2.75, 3.05) is 18.4 Å². The molecule has 0 radical (unpaired) electrons. The third-order valence-electron chi connectivity index (χ3n) is 4.78. The topological polar surface area (TPSA) is 83.6 Å². The van der Waals surface area contributed by atoms with E-state index >= 15 is 0 Å². The first kappa shape index (κ1) is 19.6. The van der Waals surface area contributed by atoms with Gasteiger partial charge in [0.1, 0.15) is 11.4 Å². The SMILES string of the molecule is Cc1nc(NC(=O)OC(C)(C)C)ccc1C(=O)N1CCC(NC2CC2)CC1. The molecule has 1 aromatic heterocycles. The number of amides is 2. The van der Waals surface area contributed by atoms with Crippen molar-refractivity contribution in [3.8, 4) is 0 Å². The van der Waals surface area contributed by atoms with E-state index < -0.39 is 11.7 Å². The van der Waals surface area contributed by atoms with E-state index in [0.717, 1.165) is 25.9 Å². The molecule has 2 amide bonds. The number of hydrogen-bond donors (Lipinski definition) is 2. The minimum Gasteiger partial charge on any atom is -0.444 e. The molecule has 2 N–H and O–H groups in total. The quantitative estimate of drug-likeness (QED) is 0.846. The van der Waals surface area contributed by atoms with E-state index in [1.165, 1.54) is 12.8 Å². The first-order valence-electron chi connectivity index (χ1n) is 9.74. The maximum absolute atomic E-state index is 12.8. The number of hydrogen-bond acceptors (Lipinski definition) is 5. The number of likely N-dealkylation sites (tertiary alicyclic amines) is 1. The number of nitrogens with one attached hydrogen (secondary N) is 2. The fourth-order valence-electron chi connectivity index (χ4n) is 3.27.